The lowest BCUT2D eigenvalue weighted by Crippen LogP contribution is -2.28. The van der Waals surface area contributed by atoms with Crippen LogP contribution in [0.3, 0.4) is 0 Å². The van der Waals surface area contributed by atoms with Crippen molar-refractivity contribution in [1.29, 1.82) is 0 Å². The number of carbonyl (C=O) groups is 1. The van der Waals surface area contributed by atoms with Crippen LogP contribution in [0.1, 0.15) is 22.1 Å². The summed E-state index contributed by atoms with van der Waals surface area (Å²) >= 11 is -1.15. The molecule has 12 heteroatoms. The molecule has 2 heterocycles. The van der Waals surface area contributed by atoms with E-state index in [1.807, 2.05) is 0 Å². The van der Waals surface area contributed by atoms with Crippen LogP contribution in [-0.4, -0.2) is 43.8 Å². The number of aromatic nitrogens is 3. The first-order chi connectivity index (χ1) is 14.3. The van der Waals surface area contributed by atoms with Crippen LogP contribution in [0.5, 0.6) is 0 Å². The summed E-state index contributed by atoms with van der Waals surface area (Å²) in [7, 11) is 3.57. The molecule has 3 rings (SSSR count). The highest BCUT2D eigenvalue weighted by molar-refractivity contribution is 7.79. The molecule has 30 heavy (non-hydrogen) atoms. The zero-order chi connectivity index (χ0) is 21.7. The molecule has 2 aromatic heterocycles. The first-order valence-electron chi connectivity index (χ1n) is 8.67. The second kappa shape index (κ2) is 9.69. The van der Waals surface area contributed by atoms with E-state index in [1.165, 1.54) is 24.5 Å². The summed E-state index contributed by atoms with van der Waals surface area (Å²) < 4.78 is 34.9. The lowest BCUT2D eigenvalue weighted by molar-refractivity contribution is 0.251. The Morgan fingerprint density at radius 2 is 2.07 bits per heavy atom. The van der Waals surface area contributed by atoms with Crippen LogP contribution in [0.25, 0.3) is 0 Å². The quantitative estimate of drug-likeness (QED) is 0.473. The summed E-state index contributed by atoms with van der Waals surface area (Å²) in [4.78, 5) is 26.3. The molecule has 2 amide bonds. The van der Waals surface area contributed by atoms with Gasteiger partial charge in [0.05, 0.1) is 5.69 Å². The average Bonchev–Trinajstić information content (AvgIpc) is 3.14. The van der Waals surface area contributed by atoms with Crippen molar-refractivity contribution in [2.24, 2.45) is 0 Å². The molecule has 0 bridgehead atoms. The van der Waals surface area contributed by atoms with E-state index in [-0.39, 0.29) is 17.5 Å². The average molecular weight is 451 g/mol. The molecule has 0 radical (unpaired) electrons. The van der Waals surface area contributed by atoms with Crippen LogP contribution in [0.2, 0.25) is 0 Å². The smallest absolute Gasteiger partial charge is 0.321 e. The van der Waals surface area contributed by atoms with Crippen LogP contribution in [0.4, 0.5) is 20.3 Å². The third-order valence-corrected chi connectivity index (χ3v) is 5.61. The summed E-state index contributed by atoms with van der Waals surface area (Å²) in [6.07, 6.45) is 2.94. The Bertz CT molecular complexity index is 1040. The summed E-state index contributed by atoms with van der Waals surface area (Å²) in [5, 5.41) is 6.04. The van der Waals surface area contributed by atoms with Gasteiger partial charge in [-0.15, -0.1) is 11.3 Å². The first kappa shape index (κ1) is 21.7. The Morgan fingerprint density at radius 3 is 2.70 bits per heavy atom. The Kier molecular flexibility index (Phi) is 7.03. The Hall–Kier alpha value is -2.96. The highest BCUT2D eigenvalue weighted by atomic mass is 32.2. The number of hydrogen-bond acceptors (Lipinski definition) is 7. The molecular formula is C18H19FN6O3S2. The van der Waals surface area contributed by atoms with Gasteiger partial charge in [-0.3, -0.25) is 5.32 Å². The van der Waals surface area contributed by atoms with E-state index < -0.39 is 22.4 Å². The van der Waals surface area contributed by atoms with Crippen LogP contribution < -0.4 is 15.5 Å². The lowest BCUT2D eigenvalue weighted by atomic mass is 10.2. The monoisotopic (exact) mass is 450 g/mol. The predicted octanol–water partition coefficient (Wildman–Crippen LogP) is 2.77. The molecular weight excluding hydrogens is 431 g/mol. The van der Waals surface area contributed by atoms with Crippen molar-refractivity contribution in [3.05, 3.63) is 64.7 Å². The molecule has 0 aliphatic carbocycles. The Morgan fingerprint density at radius 1 is 1.33 bits per heavy atom. The van der Waals surface area contributed by atoms with Gasteiger partial charge in [-0.25, -0.2) is 28.3 Å². The number of amides is 2. The maximum absolute atomic E-state index is 13.2. The fourth-order valence-electron chi connectivity index (χ4n) is 2.52. The lowest BCUT2D eigenvalue weighted by Gasteiger charge is -2.13. The summed E-state index contributed by atoms with van der Waals surface area (Å²) in [5.41, 5.74) is 1.35. The van der Waals surface area contributed by atoms with Gasteiger partial charge in [0.2, 0.25) is 5.95 Å². The van der Waals surface area contributed by atoms with Crippen molar-refractivity contribution in [2.75, 3.05) is 24.3 Å². The van der Waals surface area contributed by atoms with Gasteiger partial charge in [-0.05, 0) is 17.7 Å². The SMILES string of the molecule is CN(C)c1ncc(C(c2csc(NC(=O)NCc3cccc(F)c3)n2)S(=O)O)cn1. The Balaban J connectivity index is 1.67. The summed E-state index contributed by atoms with van der Waals surface area (Å²) in [5.74, 6) is 0.0849. The summed E-state index contributed by atoms with van der Waals surface area (Å²) in [6.45, 7) is 0.140. The van der Waals surface area contributed by atoms with Crippen LogP contribution >= 0.6 is 11.3 Å². The number of nitrogens with zero attached hydrogens (tertiary/aromatic N) is 4. The number of anilines is 2. The van der Waals surface area contributed by atoms with Crippen LogP contribution in [-0.2, 0) is 17.6 Å². The first-order valence-corrected chi connectivity index (χ1v) is 10.7. The van der Waals surface area contributed by atoms with Gasteiger partial charge in [0, 0.05) is 44.0 Å². The molecule has 3 aromatic rings. The van der Waals surface area contributed by atoms with Gasteiger partial charge in [-0.2, -0.15) is 0 Å². The second-order valence-electron chi connectivity index (χ2n) is 6.38. The largest absolute Gasteiger partial charge is 0.347 e. The second-order valence-corrected chi connectivity index (χ2v) is 8.26. The van der Waals surface area contributed by atoms with Gasteiger partial charge in [-0.1, -0.05) is 12.1 Å². The minimum absolute atomic E-state index is 0.140. The fraction of sp³-hybridized carbons (Fsp3) is 0.222. The van der Waals surface area contributed by atoms with Gasteiger partial charge in [0.25, 0.3) is 0 Å². The number of nitrogens with one attached hydrogen (secondary N) is 2. The van der Waals surface area contributed by atoms with Crippen LogP contribution in [0.15, 0.2) is 42.0 Å². The van der Waals surface area contributed by atoms with Gasteiger partial charge in [0.15, 0.2) is 16.2 Å². The summed E-state index contributed by atoms with van der Waals surface area (Å²) in [6, 6.07) is 5.37. The van der Waals surface area contributed by atoms with Crippen molar-refractivity contribution in [1.82, 2.24) is 20.3 Å². The molecule has 2 atom stereocenters. The molecule has 0 fully saturated rings. The van der Waals surface area contributed by atoms with E-state index in [0.717, 1.165) is 11.3 Å². The molecule has 158 valence electrons. The van der Waals surface area contributed by atoms with E-state index in [2.05, 4.69) is 25.6 Å². The topological polar surface area (TPSA) is 120 Å². The molecule has 0 saturated carbocycles. The van der Waals surface area contributed by atoms with E-state index in [1.54, 1.807) is 36.5 Å². The van der Waals surface area contributed by atoms with Crippen molar-refractivity contribution in [2.45, 2.75) is 11.8 Å². The van der Waals surface area contributed by atoms with Crippen LogP contribution in [0, 0.1) is 5.82 Å². The van der Waals surface area contributed by atoms with Crippen molar-refractivity contribution < 1.29 is 17.9 Å². The highest BCUT2D eigenvalue weighted by Crippen LogP contribution is 2.29. The van der Waals surface area contributed by atoms with E-state index in [4.69, 9.17) is 0 Å². The van der Waals surface area contributed by atoms with E-state index >= 15 is 0 Å². The molecule has 0 spiro atoms. The predicted molar refractivity (Wildman–Crippen MR) is 113 cm³/mol. The number of carbonyl (C=O) groups excluding carboxylic acids is 1. The van der Waals surface area contributed by atoms with E-state index in [0.29, 0.717) is 22.8 Å². The standard InChI is InChI=1S/C18H19FN6O3S2/c1-25(2)16-20-8-12(9-21-16)15(30(27)28)14-10-29-18(23-14)24-17(26)22-7-11-4-3-5-13(19)6-11/h3-6,8-10,15H,7H2,1-2H3,(H,27,28)(H2,22,23,24,26). The van der Waals surface area contributed by atoms with E-state index in [9.17, 15) is 17.9 Å². The highest BCUT2D eigenvalue weighted by Gasteiger charge is 2.24. The third-order valence-electron chi connectivity index (χ3n) is 3.92. The number of thiazole rings is 1. The number of hydrogen-bond donors (Lipinski definition) is 3. The minimum atomic E-state index is -2.27. The zero-order valence-electron chi connectivity index (χ0n) is 16.1. The number of benzene rings is 1. The molecule has 0 aliphatic rings. The molecule has 9 nitrogen and oxygen atoms in total. The third kappa shape index (κ3) is 5.55. The van der Waals surface area contributed by atoms with Crippen molar-refractivity contribution in [3.63, 3.8) is 0 Å². The fourth-order valence-corrected chi connectivity index (χ4v) is 4.02. The molecule has 1 aromatic carbocycles. The number of urea groups is 1. The molecule has 0 saturated heterocycles. The maximum atomic E-state index is 13.2. The van der Waals surface area contributed by atoms with Gasteiger partial charge >= 0.3 is 6.03 Å². The molecule has 3 N–H and O–H groups in total. The number of halogens is 1. The zero-order valence-corrected chi connectivity index (χ0v) is 17.7. The van der Waals surface area contributed by atoms with Crippen molar-refractivity contribution >= 4 is 39.5 Å². The minimum Gasteiger partial charge on any atom is -0.347 e. The van der Waals surface area contributed by atoms with Crippen molar-refractivity contribution in [3.8, 4) is 0 Å². The Labute approximate surface area is 178 Å². The number of rotatable bonds is 7. The van der Waals surface area contributed by atoms with Gasteiger partial charge in [0.1, 0.15) is 11.1 Å². The molecule has 2 unspecified atom stereocenters. The molecule has 0 aliphatic heterocycles. The maximum Gasteiger partial charge on any atom is 0.321 e. The normalized spacial score (nSPS) is 12.8. The van der Waals surface area contributed by atoms with Gasteiger partial charge < -0.3 is 14.8 Å².